The molecule has 0 aliphatic rings. The van der Waals surface area contributed by atoms with Crippen LogP contribution >= 0.6 is 0 Å². The first-order valence-corrected chi connectivity index (χ1v) is 11.3. The Labute approximate surface area is 201 Å². The van der Waals surface area contributed by atoms with Crippen LogP contribution in [0.1, 0.15) is 44.7 Å². The van der Waals surface area contributed by atoms with E-state index in [1.54, 1.807) is 20.8 Å². The fourth-order valence-corrected chi connectivity index (χ4v) is 3.36. The van der Waals surface area contributed by atoms with Gasteiger partial charge in [0.2, 0.25) is 5.91 Å². The molecular formula is C27H34N2O5. The van der Waals surface area contributed by atoms with Gasteiger partial charge in [0.1, 0.15) is 11.6 Å². The summed E-state index contributed by atoms with van der Waals surface area (Å²) in [5, 5.41) is 15.0. The fraction of sp³-hybridized carbons (Fsp3) is 0.370. The van der Waals surface area contributed by atoms with E-state index in [0.717, 1.165) is 11.1 Å². The molecule has 0 spiro atoms. The van der Waals surface area contributed by atoms with E-state index in [4.69, 9.17) is 4.74 Å². The van der Waals surface area contributed by atoms with Crippen LogP contribution in [0.25, 0.3) is 0 Å². The van der Waals surface area contributed by atoms with Crippen LogP contribution in [0, 0.1) is 0 Å². The van der Waals surface area contributed by atoms with Crippen LogP contribution < -0.4 is 10.6 Å². The second-order valence-electron chi connectivity index (χ2n) is 9.19. The zero-order valence-corrected chi connectivity index (χ0v) is 20.0. The Hall–Kier alpha value is -3.61. The quantitative estimate of drug-likeness (QED) is 0.429. The number of rotatable bonds is 11. The Balaban J connectivity index is 1.98. The van der Waals surface area contributed by atoms with Gasteiger partial charge in [0.15, 0.2) is 0 Å². The summed E-state index contributed by atoms with van der Waals surface area (Å²) in [6.07, 6.45) is 0.467. The number of hydrogen-bond donors (Lipinski definition) is 3. The zero-order valence-electron chi connectivity index (χ0n) is 20.0. The molecule has 3 N–H and O–H groups in total. The molecule has 0 unspecified atom stereocenters. The Morgan fingerprint density at radius 3 is 1.82 bits per heavy atom. The van der Waals surface area contributed by atoms with Crippen molar-refractivity contribution in [2.45, 2.75) is 64.1 Å². The molecule has 0 radical (unpaired) electrons. The molecule has 2 atom stereocenters. The van der Waals surface area contributed by atoms with Crippen LogP contribution in [0.5, 0.6) is 0 Å². The maximum atomic E-state index is 12.5. The van der Waals surface area contributed by atoms with E-state index >= 15 is 0 Å². The van der Waals surface area contributed by atoms with Gasteiger partial charge in [-0.25, -0.2) is 9.59 Å². The lowest BCUT2D eigenvalue weighted by Gasteiger charge is -2.25. The van der Waals surface area contributed by atoms with E-state index in [1.807, 2.05) is 60.7 Å². The smallest absolute Gasteiger partial charge is 0.408 e. The number of aliphatic carboxylic acids is 1. The summed E-state index contributed by atoms with van der Waals surface area (Å²) >= 11 is 0. The first-order valence-electron chi connectivity index (χ1n) is 11.3. The average Bonchev–Trinajstić information content (AvgIpc) is 2.76. The lowest BCUT2D eigenvalue weighted by molar-refractivity contribution is -0.141. The Kier molecular flexibility index (Phi) is 9.86. The second-order valence-corrected chi connectivity index (χ2v) is 9.19. The first kappa shape index (κ1) is 26.6. The minimum atomic E-state index is -1.09. The number of carboxylic acids is 1. The summed E-state index contributed by atoms with van der Waals surface area (Å²) in [5.41, 5.74) is 1.83. The highest BCUT2D eigenvalue weighted by molar-refractivity contribution is 5.83. The van der Waals surface area contributed by atoms with Crippen molar-refractivity contribution in [1.29, 1.82) is 0 Å². The van der Waals surface area contributed by atoms with E-state index in [2.05, 4.69) is 17.2 Å². The van der Waals surface area contributed by atoms with Crippen LogP contribution in [0.2, 0.25) is 0 Å². The molecule has 0 saturated heterocycles. The van der Waals surface area contributed by atoms with E-state index in [9.17, 15) is 19.5 Å². The highest BCUT2D eigenvalue weighted by Crippen LogP contribution is 2.16. The monoisotopic (exact) mass is 466 g/mol. The van der Waals surface area contributed by atoms with Crippen LogP contribution in [0.15, 0.2) is 72.8 Å². The van der Waals surface area contributed by atoms with Crippen molar-refractivity contribution >= 4 is 18.0 Å². The third-order valence-electron chi connectivity index (χ3n) is 5.06. The van der Waals surface area contributed by atoms with Crippen molar-refractivity contribution in [3.8, 4) is 0 Å². The molecular weight excluding hydrogens is 432 g/mol. The summed E-state index contributed by atoms with van der Waals surface area (Å²) in [6, 6.07) is 17.3. The minimum absolute atomic E-state index is 0.0543. The lowest BCUT2D eigenvalue weighted by atomic mass is 9.96. The average molecular weight is 467 g/mol. The largest absolute Gasteiger partial charge is 0.480 e. The molecule has 0 bridgehead atoms. The molecule has 2 aromatic carbocycles. The summed E-state index contributed by atoms with van der Waals surface area (Å²) in [7, 11) is 0. The lowest BCUT2D eigenvalue weighted by Crippen LogP contribution is -2.43. The molecule has 2 aromatic rings. The number of carbonyl (C=O) groups excluding carboxylic acids is 2. The number of nitrogens with one attached hydrogen (secondary N) is 2. The van der Waals surface area contributed by atoms with Gasteiger partial charge in [-0.15, -0.1) is 0 Å². The third kappa shape index (κ3) is 9.90. The maximum Gasteiger partial charge on any atom is 0.408 e. The summed E-state index contributed by atoms with van der Waals surface area (Å²) in [4.78, 5) is 36.5. The van der Waals surface area contributed by atoms with Gasteiger partial charge in [-0.3, -0.25) is 4.79 Å². The molecule has 0 aromatic heterocycles. The van der Waals surface area contributed by atoms with E-state index in [-0.39, 0.29) is 25.2 Å². The molecule has 34 heavy (non-hydrogen) atoms. The minimum Gasteiger partial charge on any atom is -0.480 e. The van der Waals surface area contributed by atoms with Gasteiger partial charge >= 0.3 is 12.1 Å². The second kappa shape index (κ2) is 12.6. The van der Waals surface area contributed by atoms with Gasteiger partial charge in [-0.05, 0) is 44.7 Å². The molecule has 0 saturated carbocycles. The van der Waals surface area contributed by atoms with Gasteiger partial charge in [0.25, 0.3) is 0 Å². The van der Waals surface area contributed by atoms with Crippen LogP contribution in [0.4, 0.5) is 4.79 Å². The number of hydrogen-bond acceptors (Lipinski definition) is 4. The molecule has 0 aliphatic carbocycles. The van der Waals surface area contributed by atoms with Crippen molar-refractivity contribution in [3.05, 3.63) is 83.9 Å². The number of carbonyl (C=O) groups is 3. The van der Waals surface area contributed by atoms with Crippen LogP contribution in [-0.2, 0) is 27.2 Å². The van der Waals surface area contributed by atoms with Crippen molar-refractivity contribution in [1.82, 2.24) is 10.6 Å². The van der Waals surface area contributed by atoms with E-state index in [1.165, 1.54) is 0 Å². The van der Waals surface area contributed by atoms with Gasteiger partial charge in [0, 0.05) is 12.8 Å². The number of ether oxygens (including phenoxy) is 1. The van der Waals surface area contributed by atoms with Gasteiger partial charge in [-0.1, -0.05) is 72.8 Å². The van der Waals surface area contributed by atoms with Gasteiger partial charge in [0.05, 0.1) is 6.04 Å². The van der Waals surface area contributed by atoms with Crippen LogP contribution in [0.3, 0.4) is 0 Å². The number of carboxylic acid groups (broad SMARTS) is 1. The number of benzene rings is 2. The number of alkyl carbamates (subject to hydrolysis) is 1. The Bertz CT molecular complexity index is 968. The van der Waals surface area contributed by atoms with Crippen LogP contribution in [-0.4, -0.2) is 40.8 Å². The summed E-state index contributed by atoms with van der Waals surface area (Å²) in [6.45, 7) is 9.44. The first-order chi connectivity index (χ1) is 16.0. The molecule has 0 fully saturated rings. The topological polar surface area (TPSA) is 105 Å². The van der Waals surface area contributed by atoms with Gasteiger partial charge in [-0.2, -0.15) is 0 Å². The van der Waals surface area contributed by atoms with Gasteiger partial charge < -0.3 is 20.5 Å². The predicted octanol–water partition coefficient (Wildman–Crippen LogP) is 4.27. The Morgan fingerprint density at radius 2 is 1.35 bits per heavy atom. The molecule has 7 heteroatoms. The third-order valence-corrected chi connectivity index (χ3v) is 5.06. The standard InChI is InChI=1S/C27H34N2O5/c1-19(15-16-24(30)28-23(25(31)32)18-21-13-9-6-10-14-21)22(17-20-11-7-5-8-12-20)29-26(33)34-27(2,3)4/h5-14,22-23H,1,15-18H2,2-4H3,(H,28,30)(H,29,33)(H,31,32)/t22-,23-/m0/s1. The molecule has 0 aliphatic heterocycles. The molecule has 182 valence electrons. The Morgan fingerprint density at radius 1 is 0.853 bits per heavy atom. The van der Waals surface area contributed by atoms with Crippen molar-refractivity contribution < 1.29 is 24.2 Å². The molecule has 0 heterocycles. The van der Waals surface area contributed by atoms with Crippen molar-refractivity contribution in [2.75, 3.05) is 0 Å². The highest BCUT2D eigenvalue weighted by Gasteiger charge is 2.23. The molecule has 2 rings (SSSR count). The van der Waals surface area contributed by atoms with E-state index in [0.29, 0.717) is 12.0 Å². The maximum absolute atomic E-state index is 12.5. The van der Waals surface area contributed by atoms with Crippen molar-refractivity contribution in [2.24, 2.45) is 0 Å². The normalized spacial score (nSPS) is 12.8. The molecule has 7 nitrogen and oxygen atoms in total. The summed E-state index contributed by atoms with van der Waals surface area (Å²) < 4.78 is 5.38. The van der Waals surface area contributed by atoms with E-state index < -0.39 is 29.7 Å². The SMILES string of the molecule is C=C(CCC(=O)N[C@@H](Cc1ccccc1)C(=O)O)[C@H](Cc1ccccc1)NC(=O)OC(C)(C)C. The predicted molar refractivity (Wildman–Crippen MR) is 131 cm³/mol. The summed E-state index contributed by atoms with van der Waals surface area (Å²) in [5.74, 6) is -1.48. The van der Waals surface area contributed by atoms with Crippen molar-refractivity contribution in [3.63, 3.8) is 0 Å². The highest BCUT2D eigenvalue weighted by atomic mass is 16.6. The fourth-order valence-electron chi connectivity index (χ4n) is 3.36. The number of amides is 2. The zero-order chi connectivity index (χ0) is 25.1. The molecule has 2 amide bonds.